The highest BCUT2D eigenvalue weighted by Gasteiger charge is 2.24. The van der Waals surface area contributed by atoms with Crippen LogP contribution in [0.5, 0.6) is 0 Å². The van der Waals surface area contributed by atoms with Crippen molar-refractivity contribution in [3.05, 3.63) is 29.6 Å². The zero-order chi connectivity index (χ0) is 14.6. The molecular weight excluding hydrogens is 281 g/mol. The van der Waals surface area contributed by atoms with Crippen molar-refractivity contribution in [2.24, 2.45) is 5.73 Å². The fourth-order valence-corrected chi connectivity index (χ4v) is 3.68. The Morgan fingerprint density at radius 1 is 1.20 bits per heavy atom. The Morgan fingerprint density at radius 3 is 2.45 bits per heavy atom. The Labute approximate surface area is 119 Å². The standard InChI is InChI=1S/C13H20FN3O2S/c14-12-6-5-7-13(11(12)10-15)16-20(18,19)17-8-3-1-2-4-9-17/h5-7,16H,1-4,8-10,15H2. The van der Waals surface area contributed by atoms with Crippen molar-refractivity contribution in [3.8, 4) is 0 Å². The molecule has 1 aromatic rings. The van der Waals surface area contributed by atoms with Crippen molar-refractivity contribution >= 4 is 15.9 Å². The Morgan fingerprint density at radius 2 is 1.85 bits per heavy atom. The molecule has 0 amide bonds. The summed E-state index contributed by atoms with van der Waals surface area (Å²) in [4.78, 5) is 0. The number of halogens is 1. The summed E-state index contributed by atoms with van der Waals surface area (Å²) in [7, 11) is -3.65. The van der Waals surface area contributed by atoms with Crippen molar-refractivity contribution in [2.45, 2.75) is 32.2 Å². The SMILES string of the molecule is NCc1c(F)cccc1NS(=O)(=O)N1CCCCCC1. The van der Waals surface area contributed by atoms with Gasteiger partial charge in [-0.25, -0.2) is 4.39 Å². The average Bonchev–Trinajstić information content (AvgIpc) is 2.68. The molecule has 1 heterocycles. The predicted molar refractivity (Wildman–Crippen MR) is 76.9 cm³/mol. The second-order valence-corrected chi connectivity index (χ2v) is 6.56. The molecule has 2 rings (SSSR count). The number of hydrogen-bond donors (Lipinski definition) is 2. The van der Waals surface area contributed by atoms with E-state index in [2.05, 4.69) is 4.72 Å². The van der Waals surface area contributed by atoms with Crippen LogP contribution in [0.1, 0.15) is 31.2 Å². The average molecular weight is 301 g/mol. The van der Waals surface area contributed by atoms with Crippen molar-refractivity contribution in [2.75, 3.05) is 17.8 Å². The molecule has 5 nitrogen and oxygen atoms in total. The van der Waals surface area contributed by atoms with Crippen molar-refractivity contribution in [1.29, 1.82) is 0 Å². The summed E-state index contributed by atoms with van der Waals surface area (Å²) in [6, 6.07) is 4.27. The quantitative estimate of drug-likeness (QED) is 0.890. The summed E-state index contributed by atoms with van der Waals surface area (Å²) < 4.78 is 42.2. The number of anilines is 1. The first-order valence-electron chi connectivity index (χ1n) is 6.80. The maximum absolute atomic E-state index is 13.6. The van der Waals surface area contributed by atoms with Gasteiger partial charge in [-0.1, -0.05) is 18.9 Å². The zero-order valence-electron chi connectivity index (χ0n) is 11.3. The molecule has 1 aliphatic heterocycles. The van der Waals surface area contributed by atoms with Gasteiger partial charge in [0.2, 0.25) is 0 Å². The van der Waals surface area contributed by atoms with Crippen LogP contribution in [0.3, 0.4) is 0 Å². The summed E-state index contributed by atoms with van der Waals surface area (Å²) in [5.74, 6) is -0.497. The molecule has 1 fully saturated rings. The van der Waals surface area contributed by atoms with Gasteiger partial charge >= 0.3 is 10.2 Å². The molecule has 0 saturated carbocycles. The Kier molecular flexibility index (Phi) is 4.95. The van der Waals surface area contributed by atoms with Crippen LogP contribution in [-0.2, 0) is 16.8 Å². The maximum Gasteiger partial charge on any atom is 0.301 e. The predicted octanol–water partition coefficient (Wildman–Crippen LogP) is 1.82. The summed E-state index contributed by atoms with van der Waals surface area (Å²) in [6.07, 6.45) is 3.79. The van der Waals surface area contributed by atoms with Crippen LogP contribution in [0.4, 0.5) is 10.1 Å². The Balaban J connectivity index is 2.21. The summed E-state index contributed by atoms with van der Waals surface area (Å²) in [5.41, 5.74) is 5.89. The van der Waals surface area contributed by atoms with Crippen molar-refractivity contribution in [3.63, 3.8) is 0 Å². The third kappa shape index (κ3) is 3.47. The van der Waals surface area contributed by atoms with Crippen LogP contribution in [0.15, 0.2) is 18.2 Å². The smallest absolute Gasteiger partial charge is 0.301 e. The minimum Gasteiger partial charge on any atom is -0.326 e. The molecule has 0 spiro atoms. The minimum atomic E-state index is -3.65. The van der Waals surface area contributed by atoms with E-state index in [1.165, 1.54) is 22.5 Å². The van der Waals surface area contributed by atoms with Gasteiger partial charge in [0.15, 0.2) is 0 Å². The van der Waals surface area contributed by atoms with Crippen LogP contribution >= 0.6 is 0 Å². The van der Waals surface area contributed by atoms with Crippen LogP contribution < -0.4 is 10.5 Å². The fourth-order valence-electron chi connectivity index (χ4n) is 2.35. The van der Waals surface area contributed by atoms with E-state index in [4.69, 9.17) is 5.73 Å². The highest BCUT2D eigenvalue weighted by molar-refractivity contribution is 7.90. The topological polar surface area (TPSA) is 75.4 Å². The number of benzene rings is 1. The first-order valence-corrected chi connectivity index (χ1v) is 8.24. The maximum atomic E-state index is 13.6. The van der Waals surface area contributed by atoms with E-state index in [1.807, 2.05) is 0 Å². The summed E-state index contributed by atoms with van der Waals surface area (Å²) in [6.45, 7) is 0.954. The molecule has 0 bridgehead atoms. The van der Waals surface area contributed by atoms with Gasteiger partial charge < -0.3 is 5.73 Å². The lowest BCUT2D eigenvalue weighted by atomic mass is 10.2. The molecule has 1 saturated heterocycles. The fraction of sp³-hybridized carbons (Fsp3) is 0.538. The lowest BCUT2D eigenvalue weighted by Gasteiger charge is -2.21. The summed E-state index contributed by atoms with van der Waals surface area (Å²) >= 11 is 0. The number of nitrogens with zero attached hydrogens (tertiary/aromatic N) is 1. The molecule has 1 aromatic carbocycles. The number of nitrogens with one attached hydrogen (secondary N) is 1. The second kappa shape index (κ2) is 6.51. The van der Waals surface area contributed by atoms with Crippen molar-refractivity contribution in [1.82, 2.24) is 4.31 Å². The van der Waals surface area contributed by atoms with Gasteiger partial charge in [0.25, 0.3) is 0 Å². The molecule has 0 aliphatic carbocycles. The normalized spacial score (nSPS) is 17.7. The molecule has 0 radical (unpaired) electrons. The van der Waals surface area contributed by atoms with Gasteiger partial charge in [-0.05, 0) is 25.0 Å². The van der Waals surface area contributed by atoms with Gasteiger partial charge in [0, 0.05) is 25.2 Å². The molecule has 7 heteroatoms. The van der Waals surface area contributed by atoms with Gasteiger partial charge in [-0.2, -0.15) is 12.7 Å². The monoisotopic (exact) mass is 301 g/mol. The summed E-state index contributed by atoms with van der Waals surface area (Å²) in [5, 5.41) is 0. The van der Waals surface area contributed by atoms with Gasteiger partial charge in [-0.15, -0.1) is 0 Å². The highest BCUT2D eigenvalue weighted by atomic mass is 32.2. The van der Waals surface area contributed by atoms with E-state index in [9.17, 15) is 12.8 Å². The van der Waals surface area contributed by atoms with Gasteiger partial charge in [-0.3, -0.25) is 4.72 Å². The number of hydrogen-bond acceptors (Lipinski definition) is 3. The van der Waals surface area contributed by atoms with Crippen LogP contribution in [-0.4, -0.2) is 25.8 Å². The molecule has 0 aromatic heterocycles. The third-order valence-electron chi connectivity index (χ3n) is 3.47. The molecule has 1 aliphatic rings. The lowest BCUT2D eigenvalue weighted by Crippen LogP contribution is -2.36. The van der Waals surface area contributed by atoms with Gasteiger partial charge in [0.1, 0.15) is 5.82 Å². The third-order valence-corrected chi connectivity index (χ3v) is 4.99. The first-order chi connectivity index (χ1) is 9.54. The minimum absolute atomic E-state index is 0.0511. The van der Waals surface area contributed by atoms with Gasteiger partial charge in [0.05, 0.1) is 5.69 Å². The molecule has 3 N–H and O–H groups in total. The van der Waals surface area contributed by atoms with Crippen LogP contribution in [0.25, 0.3) is 0 Å². The zero-order valence-corrected chi connectivity index (χ0v) is 12.1. The lowest BCUT2D eigenvalue weighted by molar-refractivity contribution is 0.427. The molecular formula is C13H20FN3O2S. The van der Waals surface area contributed by atoms with Crippen LogP contribution in [0, 0.1) is 5.82 Å². The van der Waals surface area contributed by atoms with E-state index in [0.29, 0.717) is 13.1 Å². The molecule has 0 atom stereocenters. The molecule has 20 heavy (non-hydrogen) atoms. The molecule has 112 valence electrons. The van der Waals surface area contributed by atoms with E-state index in [-0.39, 0.29) is 17.8 Å². The first kappa shape index (κ1) is 15.2. The second-order valence-electron chi connectivity index (χ2n) is 4.89. The van der Waals surface area contributed by atoms with E-state index in [1.54, 1.807) is 0 Å². The van der Waals surface area contributed by atoms with Crippen molar-refractivity contribution < 1.29 is 12.8 Å². The molecule has 0 unspecified atom stereocenters. The largest absolute Gasteiger partial charge is 0.326 e. The van der Waals surface area contributed by atoms with E-state index < -0.39 is 16.0 Å². The number of rotatable bonds is 4. The van der Waals surface area contributed by atoms with E-state index in [0.717, 1.165) is 25.7 Å². The highest BCUT2D eigenvalue weighted by Crippen LogP contribution is 2.21. The number of nitrogens with two attached hydrogens (primary N) is 1. The van der Waals surface area contributed by atoms with E-state index >= 15 is 0 Å². The van der Waals surface area contributed by atoms with Crippen LogP contribution in [0.2, 0.25) is 0 Å². The Hall–Kier alpha value is -1.18. The Bertz CT molecular complexity index is 555.